The fourth-order valence-corrected chi connectivity index (χ4v) is 3.83. The van der Waals surface area contributed by atoms with E-state index in [9.17, 15) is 23.5 Å². The zero-order chi connectivity index (χ0) is 17.9. The van der Waals surface area contributed by atoms with Gasteiger partial charge in [-0.1, -0.05) is 0 Å². The van der Waals surface area contributed by atoms with Crippen LogP contribution in [0, 0.1) is 5.41 Å². The van der Waals surface area contributed by atoms with Crippen molar-refractivity contribution in [2.75, 3.05) is 19.6 Å². The molecule has 0 aromatic heterocycles. The Kier molecular flexibility index (Phi) is 3.82. The van der Waals surface area contributed by atoms with Crippen molar-refractivity contribution in [3.05, 3.63) is 0 Å². The molecule has 0 aromatic carbocycles. The number of rotatable bonds is 3. The van der Waals surface area contributed by atoms with Crippen LogP contribution in [-0.2, 0) is 9.53 Å². The van der Waals surface area contributed by atoms with E-state index in [1.807, 2.05) is 0 Å². The summed E-state index contributed by atoms with van der Waals surface area (Å²) in [4.78, 5) is 26.3. The molecule has 1 N–H and O–H groups in total. The summed E-state index contributed by atoms with van der Waals surface area (Å²) in [6.07, 6.45) is 0.737. The average molecular weight is 346 g/mol. The number of aliphatic carboxylic acids is 1. The molecule has 2 aliphatic heterocycles. The van der Waals surface area contributed by atoms with Gasteiger partial charge in [0.1, 0.15) is 5.60 Å². The summed E-state index contributed by atoms with van der Waals surface area (Å²) in [5.74, 6) is -3.98. The van der Waals surface area contributed by atoms with E-state index in [-0.39, 0.29) is 6.54 Å². The standard InChI is InChI=1S/C16H24F2N2O4/c1-14(2,3)24-13(23)20-9-16(17,18)11-10(20)4-7-19(11)8-15(5-6-15)12(21)22/h10-11H,4-9H2,1-3H3,(H,21,22)/t10-,11+/m0/s1. The Balaban J connectivity index is 1.75. The van der Waals surface area contributed by atoms with Gasteiger partial charge < -0.3 is 9.84 Å². The molecule has 0 unspecified atom stereocenters. The molecule has 0 radical (unpaired) electrons. The molecule has 3 aliphatic rings. The first-order valence-electron chi connectivity index (χ1n) is 8.30. The van der Waals surface area contributed by atoms with Crippen molar-refractivity contribution in [3.63, 3.8) is 0 Å². The molecule has 1 saturated carbocycles. The van der Waals surface area contributed by atoms with Gasteiger partial charge in [0.2, 0.25) is 0 Å². The van der Waals surface area contributed by atoms with Crippen LogP contribution in [0.2, 0.25) is 0 Å². The van der Waals surface area contributed by atoms with Gasteiger partial charge in [0.05, 0.1) is 24.0 Å². The van der Waals surface area contributed by atoms with Gasteiger partial charge in [-0.15, -0.1) is 0 Å². The van der Waals surface area contributed by atoms with Gasteiger partial charge in [-0.2, -0.15) is 0 Å². The zero-order valence-electron chi connectivity index (χ0n) is 14.2. The number of ether oxygens (including phenoxy) is 1. The first-order chi connectivity index (χ1) is 11.0. The van der Waals surface area contributed by atoms with Gasteiger partial charge in [0.15, 0.2) is 0 Å². The van der Waals surface area contributed by atoms with Gasteiger partial charge in [-0.25, -0.2) is 13.6 Å². The molecule has 0 bridgehead atoms. The number of carboxylic acid groups (broad SMARTS) is 1. The Morgan fingerprint density at radius 1 is 1.29 bits per heavy atom. The van der Waals surface area contributed by atoms with Crippen molar-refractivity contribution in [2.24, 2.45) is 5.41 Å². The van der Waals surface area contributed by atoms with E-state index in [0.717, 1.165) is 4.90 Å². The van der Waals surface area contributed by atoms with Crippen LogP contribution in [0.15, 0.2) is 0 Å². The second kappa shape index (κ2) is 5.28. The number of hydrogen-bond donors (Lipinski definition) is 1. The smallest absolute Gasteiger partial charge is 0.410 e. The van der Waals surface area contributed by atoms with Crippen LogP contribution in [0.25, 0.3) is 0 Å². The van der Waals surface area contributed by atoms with Crippen LogP contribution in [0.4, 0.5) is 13.6 Å². The molecule has 1 aliphatic carbocycles. The van der Waals surface area contributed by atoms with Crippen LogP contribution in [0.5, 0.6) is 0 Å². The van der Waals surface area contributed by atoms with E-state index >= 15 is 0 Å². The van der Waals surface area contributed by atoms with Crippen molar-refractivity contribution in [2.45, 2.75) is 63.6 Å². The molecule has 136 valence electrons. The van der Waals surface area contributed by atoms with E-state index in [1.165, 1.54) is 0 Å². The number of nitrogens with zero attached hydrogens (tertiary/aromatic N) is 2. The molecule has 2 atom stereocenters. The topological polar surface area (TPSA) is 70.1 Å². The molecular formula is C16H24F2N2O4. The maximum absolute atomic E-state index is 14.6. The minimum atomic E-state index is -3.06. The van der Waals surface area contributed by atoms with Crippen molar-refractivity contribution < 1.29 is 28.2 Å². The highest BCUT2D eigenvalue weighted by molar-refractivity contribution is 5.78. The van der Waals surface area contributed by atoms with Crippen LogP contribution in [-0.4, -0.2) is 70.2 Å². The van der Waals surface area contributed by atoms with Gasteiger partial charge in [-0.05, 0) is 40.0 Å². The molecule has 0 spiro atoms. The van der Waals surface area contributed by atoms with Crippen LogP contribution in [0.3, 0.4) is 0 Å². The lowest BCUT2D eigenvalue weighted by Crippen LogP contribution is -2.48. The average Bonchev–Trinajstić information content (AvgIpc) is 2.98. The maximum Gasteiger partial charge on any atom is 0.410 e. The molecular weight excluding hydrogens is 322 g/mol. The SMILES string of the molecule is CC(C)(C)OC(=O)N1CC(F)(F)[C@H]2[C@@H]1CCN2CC1(C(=O)O)CC1. The lowest BCUT2D eigenvalue weighted by atomic mass is 10.0. The molecule has 8 heteroatoms. The molecule has 2 heterocycles. The predicted molar refractivity (Wildman–Crippen MR) is 81.0 cm³/mol. The quantitative estimate of drug-likeness (QED) is 0.848. The Bertz CT molecular complexity index is 557. The minimum Gasteiger partial charge on any atom is -0.481 e. The summed E-state index contributed by atoms with van der Waals surface area (Å²) in [6.45, 7) is 4.91. The largest absolute Gasteiger partial charge is 0.481 e. The van der Waals surface area contributed by atoms with Crippen molar-refractivity contribution in [1.29, 1.82) is 0 Å². The van der Waals surface area contributed by atoms with Crippen molar-refractivity contribution >= 4 is 12.1 Å². The normalized spacial score (nSPS) is 31.0. The number of fused-ring (bicyclic) bond motifs is 1. The number of carbonyl (C=O) groups excluding carboxylic acids is 1. The van der Waals surface area contributed by atoms with Gasteiger partial charge in [-0.3, -0.25) is 14.6 Å². The van der Waals surface area contributed by atoms with Crippen LogP contribution >= 0.6 is 0 Å². The summed E-state index contributed by atoms with van der Waals surface area (Å²) < 4.78 is 34.4. The van der Waals surface area contributed by atoms with E-state index in [1.54, 1.807) is 25.7 Å². The first kappa shape index (κ1) is 17.4. The third-order valence-corrected chi connectivity index (χ3v) is 5.13. The molecule has 6 nitrogen and oxygen atoms in total. The molecule has 3 rings (SSSR count). The lowest BCUT2D eigenvalue weighted by Gasteiger charge is -2.30. The fourth-order valence-electron chi connectivity index (χ4n) is 3.83. The minimum absolute atomic E-state index is 0.126. The second-order valence-electron chi connectivity index (χ2n) is 8.23. The fraction of sp³-hybridized carbons (Fsp3) is 0.875. The lowest BCUT2D eigenvalue weighted by molar-refractivity contribution is -0.145. The second-order valence-corrected chi connectivity index (χ2v) is 8.23. The maximum atomic E-state index is 14.6. The van der Waals surface area contributed by atoms with Gasteiger partial charge >= 0.3 is 12.1 Å². The molecule has 2 saturated heterocycles. The van der Waals surface area contributed by atoms with Crippen molar-refractivity contribution in [3.8, 4) is 0 Å². The number of likely N-dealkylation sites (tertiary alicyclic amines) is 2. The number of carbonyl (C=O) groups is 2. The summed E-state index contributed by atoms with van der Waals surface area (Å²) in [6, 6.07) is -1.75. The van der Waals surface area contributed by atoms with Gasteiger partial charge in [0.25, 0.3) is 5.92 Å². The summed E-state index contributed by atoms with van der Waals surface area (Å²) in [5, 5.41) is 9.30. The summed E-state index contributed by atoms with van der Waals surface area (Å²) in [7, 11) is 0. The van der Waals surface area contributed by atoms with E-state index in [4.69, 9.17) is 4.74 Å². The molecule has 24 heavy (non-hydrogen) atoms. The van der Waals surface area contributed by atoms with Crippen molar-refractivity contribution in [1.82, 2.24) is 9.80 Å². The van der Waals surface area contributed by atoms with Gasteiger partial charge in [0, 0.05) is 13.1 Å². The zero-order valence-corrected chi connectivity index (χ0v) is 14.2. The predicted octanol–water partition coefficient (Wildman–Crippen LogP) is 2.18. The number of alkyl halides is 2. The Hall–Kier alpha value is -1.44. The molecule has 3 fully saturated rings. The van der Waals surface area contributed by atoms with Crippen LogP contribution in [0.1, 0.15) is 40.0 Å². The molecule has 1 amide bonds. The monoisotopic (exact) mass is 346 g/mol. The molecule has 0 aromatic rings. The Morgan fingerprint density at radius 2 is 1.92 bits per heavy atom. The van der Waals surface area contributed by atoms with Crippen LogP contribution < -0.4 is 0 Å². The highest BCUT2D eigenvalue weighted by atomic mass is 19.3. The summed E-state index contributed by atoms with van der Waals surface area (Å²) in [5.41, 5.74) is -1.63. The Morgan fingerprint density at radius 3 is 2.42 bits per heavy atom. The number of halogens is 2. The summed E-state index contributed by atoms with van der Waals surface area (Å²) >= 11 is 0. The third-order valence-electron chi connectivity index (χ3n) is 5.13. The van der Waals surface area contributed by atoms with E-state index < -0.39 is 47.6 Å². The first-order valence-corrected chi connectivity index (χ1v) is 8.30. The number of carboxylic acids is 1. The number of hydrogen-bond acceptors (Lipinski definition) is 4. The Labute approximate surface area is 139 Å². The third kappa shape index (κ3) is 2.96. The highest BCUT2D eigenvalue weighted by Crippen LogP contribution is 2.50. The number of amides is 1. The van der Waals surface area contributed by atoms with E-state index in [2.05, 4.69) is 0 Å². The van der Waals surface area contributed by atoms with E-state index in [0.29, 0.717) is 25.8 Å². The highest BCUT2D eigenvalue weighted by Gasteiger charge is 2.63.